The van der Waals surface area contributed by atoms with Crippen molar-refractivity contribution < 1.29 is 22.3 Å². The van der Waals surface area contributed by atoms with Crippen LogP contribution in [0.1, 0.15) is 37.8 Å². The molecule has 0 aliphatic carbocycles. The van der Waals surface area contributed by atoms with E-state index in [1.54, 1.807) is 12.3 Å². The van der Waals surface area contributed by atoms with Crippen LogP contribution < -0.4 is 10.2 Å². The fourth-order valence-corrected chi connectivity index (χ4v) is 5.30. The number of hydrogen-bond donors (Lipinski definition) is 2. The lowest BCUT2D eigenvalue weighted by molar-refractivity contribution is -0.111. The van der Waals surface area contributed by atoms with Crippen LogP contribution in [0.2, 0.25) is 0 Å². The number of allylic oxidation sites excluding steroid dienone is 1. The standard InChI is InChI=1S/C24H24FN3O4S/c1-24(2)18(12-20(32-24)22-17-5-4-15(25)11-19(17)27-23(22)29)14-3-6-21(26-13-14)28-9-7-16(8-10-28)33(30)31/h3-6,11-13,16,33H,7-10H2,1-2H3,(H,27,29)/b22-20+. The van der Waals surface area contributed by atoms with Crippen molar-refractivity contribution >= 4 is 39.3 Å². The molecule has 5 rings (SSSR count). The summed E-state index contributed by atoms with van der Waals surface area (Å²) in [6, 6.07) is 8.09. The molecule has 0 spiro atoms. The van der Waals surface area contributed by atoms with Gasteiger partial charge in [-0.05, 0) is 63.1 Å². The van der Waals surface area contributed by atoms with Crippen LogP contribution in [-0.4, -0.2) is 43.2 Å². The van der Waals surface area contributed by atoms with Gasteiger partial charge in [0.25, 0.3) is 5.91 Å². The summed E-state index contributed by atoms with van der Waals surface area (Å²) < 4.78 is 42.2. The second kappa shape index (κ2) is 7.98. The Balaban J connectivity index is 1.43. The normalized spacial score (nSPS) is 22.2. The fourth-order valence-electron chi connectivity index (χ4n) is 4.65. The van der Waals surface area contributed by atoms with Gasteiger partial charge in [-0.2, -0.15) is 0 Å². The largest absolute Gasteiger partial charge is 0.482 e. The zero-order chi connectivity index (χ0) is 23.3. The number of ether oxygens (including phenoxy) is 1. The quantitative estimate of drug-likeness (QED) is 0.530. The number of rotatable bonds is 3. The van der Waals surface area contributed by atoms with E-state index in [1.165, 1.54) is 12.1 Å². The average Bonchev–Trinajstić information content (AvgIpc) is 3.27. The van der Waals surface area contributed by atoms with Gasteiger partial charge in [-0.3, -0.25) is 4.79 Å². The Morgan fingerprint density at radius 2 is 1.94 bits per heavy atom. The van der Waals surface area contributed by atoms with Gasteiger partial charge in [0.2, 0.25) is 0 Å². The number of benzene rings is 1. The number of pyridine rings is 1. The molecule has 0 unspecified atom stereocenters. The first-order valence-electron chi connectivity index (χ1n) is 10.8. The van der Waals surface area contributed by atoms with Gasteiger partial charge in [-0.25, -0.2) is 17.8 Å². The predicted octanol–water partition coefficient (Wildman–Crippen LogP) is 3.36. The summed E-state index contributed by atoms with van der Waals surface area (Å²) in [6.07, 6.45) is 4.84. The molecule has 0 bridgehead atoms. The molecule has 1 fully saturated rings. The minimum Gasteiger partial charge on any atom is -0.482 e. The van der Waals surface area contributed by atoms with Crippen molar-refractivity contribution in [1.29, 1.82) is 0 Å². The van der Waals surface area contributed by atoms with E-state index in [0.717, 1.165) is 17.0 Å². The lowest BCUT2D eigenvalue weighted by Gasteiger charge is -2.30. The number of amides is 1. The first-order valence-corrected chi connectivity index (χ1v) is 12.1. The van der Waals surface area contributed by atoms with Crippen LogP contribution in [-0.2, 0) is 20.2 Å². The molecular formula is C24H24FN3O4S. The van der Waals surface area contributed by atoms with Crippen LogP contribution in [0.25, 0.3) is 11.1 Å². The van der Waals surface area contributed by atoms with Crippen LogP contribution in [0.5, 0.6) is 0 Å². The fraction of sp³-hybridized carbons (Fsp3) is 0.333. The van der Waals surface area contributed by atoms with Gasteiger partial charge < -0.3 is 15.0 Å². The van der Waals surface area contributed by atoms with Crippen molar-refractivity contribution in [2.24, 2.45) is 0 Å². The van der Waals surface area contributed by atoms with E-state index in [1.807, 2.05) is 32.1 Å². The molecule has 1 saturated heterocycles. The van der Waals surface area contributed by atoms with E-state index in [9.17, 15) is 17.6 Å². The number of carbonyl (C=O) groups excluding carboxylic acids is 1. The highest BCUT2D eigenvalue weighted by Crippen LogP contribution is 2.44. The molecule has 1 amide bonds. The summed E-state index contributed by atoms with van der Waals surface area (Å²) in [6.45, 7) is 5.16. The van der Waals surface area contributed by atoms with Gasteiger partial charge in [-0.1, -0.05) is 0 Å². The maximum Gasteiger partial charge on any atom is 0.260 e. The number of thiol groups is 1. The number of anilines is 2. The van der Waals surface area contributed by atoms with Crippen molar-refractivity contribution in [2.75, 3.05) is 23.3 Å². The Hall–Kier alpha value is -3.20. The van der Waals surface area contributed by atoms with Crippen molar-refractivity contribution in [1.82, 2.24) is 4.98 Å². The molecule has 3 aliphatic rings. The topological polar surface area (TPSA) is 88.6 Å². The van der Waals surface area contributed by atoms with Gasteiger partial charge >= 0.3 is 0 Å². The second-order valence-corrected chi connectivity index (χ2v) is 10.3. The molecule has 0 radical (unpaired) electrons. The third kappa shape index (κ3) is 3.90. The molecule has 7 nitrogen and oxygen atoms in total. The number of aromatic nitrogens is 1. The molecule has 0 saturated carbocycles. The summed E-state index contributed by atoms with van der Waals surface area (Å²) in [7, 11) is -2.38. The Kier molecular flexibility index (Phi) is 5.23. The molecule has 9 heteroatoms. The Labute approximate surface area is 192 Å². The number of fused-ring (bicyclic) bond motifs is 1. The van der Waals surface area contributed by atoms with E-state index < -0.39 is 22.1 Å². The van der Waals surface area contributed by atoms with Crippen LogP contribution in [0.4, 0.5) is 15.9 Å². The van der Waals surface area contributed by atoms with Gasteiger partial charge in [0.05, 0.1) is 16.5 Å². The predicted molar refractivity (Wildman–Crippen MR) is 125 cm³/mol. The van der Waals surface area contributed by atoms with Crippen LogP contribution in [0.3, 0.4) is 0 Å². The van der Waals surface area contributed by atoms with Gasteiger partial charge in [-0.15, -0.1) is 0 Å². The Morgan fingerprint density at radius 1 is 1.18 bits per heavy atom. The molecule has 1 aromatic heterocycles. The number of nitrogens with zero attached hydrogens (tertiary/aromatic N) is 2. The molecule has 4 heterocycles. The Bertz CT molecular complexity index is 1270. The van der Waals surface area contributed by atoms with Crippen molar-refractivity contribution in [2.45, 2.75) is 37.5 Å². The first kappa shape index (κ1) is 21.6. The third-order valence-corrected chi connectivity index (χ3v) is 7.52. The van der Waals surface area contributed by atoms with Crippen LogP contribution >= 0.6 is 0 Å². The monoisotopic (exact) mass is 469 g/mol. The van der Waals surface area contributed by atoms with E-state index in [2.05, 4.69) is 15.2 Å². The lowest BCUT2D eigenvalue weighted by Crippen LogP contribution is -2.36. The minimum atomic E-state index is -2.38. The van der Waals surface area contributed by atoms with E-state index in [4.69, 9.17) is 4.74 Å². The van der Waals surface area contributed by atoms with Gasteiger partial charge in [0, 0.05) is 36.0 Å². The van der Waals surface area contributed by atoms with Gasteiger partial charge in [0.1, 0.15) is 33.7 Å². The molecule has 3 aliphatic heterocycles. The number of piperidine rings is 1. The van der Waals surface area contributed by atoms with Gasteiger partial charge in [0.15, 0.2) is 0 Å². The third-order valence-electron chi connectivity index (χ3n) is 6.41. The first-order chi connectivity index (χ1) is 15.7. The minimum absolute atomic E-state index is 0.252. The lowest BCUT2D eigenvalue weighted by atomic mass is 9.93. The van der Waals surface area contributed by atoms with E-state index in [-0.39, 0.29) is 11.2 Å². The molecule has 33 heavy (non-hydrogen) atoms. The molecular weight excluding hydrogens is 445 g/mol. The SMILES string of the molecule is CC1(C)O/C(=C2/C(=O)Nc3cc(F)ccc32)C=C1c1ccc(N2CCC([SH](=O)=O)CC2)nc1. The average molecular weight is 470 g/mol. The molecule has 1 N–H and O–H groups in total. The maximum absolute atomic E-state index is 13.6. The highest BCUT2D eigenvalue weighted by atomic mass is 32.2. The summed E-state index contributed by atoms with van der Waals surface area (Å²) >= 11 is 0. The molecule has 1 aromatic carbocycles. The van der Waals surface area contributed by atoms with Crippen LogP contribution in [0.15, 0.2) is 48.4 Å². The molecule has 0 atom stereocenters. The summed E-state index contributed by atoms with van der Waals surface area (Å²) in [5.74, 6) is 0.508. The highest BCUT2D eigenvalue weighted by Gasteiger charge is 2.38. The number of hydrogen-bond acceptors (Lipinski definition) is 6. The van der Waals surface area contributed by atoms with Crippen molar-refractivity contribution in [3.63, 3.8) is 0 Å². The maximum atomic E-state index is 13.6. The zero-order valence-corrected chi connectivity index (χ0v) is 19.2. The number of carbonyl (C=O) groups is 1. The summed E-state index contributed by atoms with van der Waals surface area (Å²) in [5.41, 5.74) is 2.50. The second-order valence-electron chi connectivity index (χ2n) is 8.96. The summed E-state index contributed by atoms with van der Waals surface area (Å²) in [5, 5.41) is 2.45. The zero-order valence-electron chi connectivity index (χ0n) is 18.3. The van der Waals surface area contributed by atoms with Crippen molar-refractivity contribution in [3.05, 3.63) is 65.3 Å². The molecule has 2 aromatic rings. The van der Waals surface area contributed by atoms with E-state index >= 15 is 0 Å². The highest BCUT2D eigenvalue weighted by molar-refractivity contribution is 7.73. The smallest absolute Gasteiger partial charge is 0.260 e. The molecule has 172 valence electrons. The number of halogens is 1. The summed E-state index contributed by atoms with van der Waals surface area (Å²) in [4.78, 5) is 19.3. The number of nitrogens with one attached hydrogen (secondary N) is 1. The van der Waals surface area contributed by atoms with Crippen LogP contribution in [0, 0.1) is 5.82 Å². The van der Waals surface area contributed by atoms with E-state index in [0.29, 0.717) is 48.5 Å². The van der Waals surface area contributed by atoms with Crippen molar-refractivity contribution in [3.8, 4) is 0 Å². The Morgan fingerprint density at radius 3 is 2.61 bits per heavy atom.